The number of aliphatic hydroxyl groups is 1. The Bertz CT molecular complexity index is 874. The Morgan fingerprint density at radius 1 is 0.923 bits per heavy atom. The van der Waals surface area contributed by atoms with Crippen LogP contribution >= 0.6 is 0 Å². The van der Waals surface area contributed by atoms with Gasteiger partial charge in [0.15, 0.2) is 0 Å². The molecule has 1 aliphatic heterocycles. The monoisotopic (exact) mass is 351 g/mol. The van der Waals surface area contributed by atoms with Gasteiger partial charge in [-0.05, 0) is 5.56 Å². The van der Waals surface area contributed by atoms with Crippen LogP contribution < -0.4 is 0 Å². The summed E-state index contributed by atoms with van der Waals surface area (Å²) in [6.45, 7) is -0.120. The van der Waals surface area contributed by atoms with E-state index in [4.69, 9.17) is 5.11 Å². The van der Waals surface area contributed by atoms with Gasteiger partial charge in [0.25, 0.3) is 11.7 Å². The third kappa shape index (κ3) is 3.21. The molecule has 2 aromatic rings. The first kappa shape index (κ1) is 17.4. The van der Waals surface area contributed by atoms with Crippen LogP contribution in [0, 0.1) is 0 Å². The molecular weight excluding hydrogens is 334 g/mol. The number of rotatable bonds is 5. The van der Waals surface area contributed by atoms with Gasteiger partial charge in [0.05, 0.1) is 18.0 Å². The highest BCUT2D eigenvalue weighted by atomic mass is 16.4. The molecular formula is C20H17NO5. The normalized spacial score (nSPS) is 18.9. The van der Waals surface area contributed by atoms with E-state index in [1.807, 2.05) is 0 Å². The number of aliphatic hydroxyl groups excluding tert-OH is 1. The van der Waals surface area contributed by atoms with Crippen molar-refractivity contribution in [3.8, 4) is 0 Å². The number of ketones is 1. The number of nitrogens with zero attached hydrogens (tertiary/aromatic N) is 1. The Morgan fingerprint density at radius 3 is 2.08 bits per heavy atom. The molecule has 2 aromatic carbocycles. The van der Waals surface area contributed by atoms with Crippen molar-refractivity contribution in [3.05, 3.63) is 77.4 Å². The van der Waals surface area contributed by atoms with Crippen LogP contribution in [0.25, 0.3) is 5.76 Å². The number of Topliss-reactive ketones (excluding diaryl/α,β-unsaturated/α-hetero) is 1. The zero-order valence-corrected chi connectivity index (χ0v) is 13.8. The van der Waals surface area contributed by atoms with Gasteiger partial charge in [-0.15, -0.1) is 0 Å². The summed E-state index contributed by atoms with van der Waals surface area (Å²) in [6.07, 6.45) is -0.290. The molecule has 1 aliphatic rings. The molecule has 1 unspecified atom stereocenters. The van der Waals surface area contributed by atoms with Gasteiger partial charge in [-0.25, -0.2) is 0 Å². The fourth-order valence-corrected chi connectivity index (χ4v) is 3.06. The molecule has 1 fully saturated rings. The molecule has 0 aliphatic carbocycles. The van der Waals surface area contributed by atoms with Gasteiger partial charge in [0, 0.05) is 12.1 Å². The maximum atomic E-state index is 12.6. The number of amides is 1. The van der Waals surface area contributed by atoms with Gasteiger partial charge in [-0.1, -0.05) is 60.7 Å². The van der Waals surface area contributed by atoms with E-state index in [9.17, 15) is 19.5 Å². The van der Waals surface area contributed by atoms with E-state index in [0.29, 0.717) is 11.1 Å². The minimum Gasteiger partial charge on any atom is -0.507 e. The average Bonchev–Trinajstić information content (AvgIpc) is 2.91. The van der Waals surface area contributed by atoms with Gasteiger partial charge >= 0.3 is 5.97 Å². The fraction of sp³-hybridized carbons (Fsp3) is 0.150. The van der Waals surface area contributed by atoms with Crippen LogP contribution in [0.3, 0.4) is 0 Å². The van der Waals surface area contributed by atoms with Crippen LogP contribution in [0.1, 0.15) is 23.6 Å². The van der Waals surface area contributed by atoms with E-state index in [-0.39, 0.29) is 24.3 Å². The molecule has 1 amide bonds. The number of carboxylic acids is 1. The number of hydrogen-bond donors (Lipinski definition) is 2. The van der Waals surface area contributed by atoms with Gasteiger partial charge < -0.3 is 15.1 Å². The van der Waals surface area contributed by atoms with Crippen LogP contribution in [0.15, 0.2) is 66.2 Å². The van der Waals surface area contributed by atoms with Crippen LogP contribution in [-0.2, 0) is 14.4 Å². The van der Waals surface area contributed by atoms with Crippen molar-refractivity contribution >= 4 is 23.4 Å². The number of carbonyl (C=O) groups is 3. The maximum absolute atomic E-state index is 12.6. The van der Waals surface area contributed by atoms with Crippen molar-refractivity contribution < 1.29 is 24.6 Å². The van der Waals surface area contributed by atoms with Crippen molar-refractivity contribution in [1.82, 2.24) is 4.90 Å². The van der Waals surface area contributed by atoms with E-state index in [1.54, 1.807) is 60.7 Å². The number of carboxylic acid groups (broad SMARTS) is 1. The summed E-state index contributed by atoms with van der Waals surface area (Å²) in [7, 11) is 0. The molecule has 1 atom stereocenters. The zero-order chi connectivity index (χ0) is 18.7. The highest BCUT2D eigenvalue weighted by Crippen LogP contribution is 2.39. The minimum atomic E-state index is -1.07. The summed E-state index contributed by atoms with van der Waals surface area (Å²) in [4.78, 5) is 37.2. The molecule has 1 heterocycles. The number of likely N-dealkylation sites (tertiary alicyclic amines) is 1. The van der Waals surface area contributed by atoms with E-state index >= 15 is 0 Å². The molecule has 6 heteroatoms. The lowest BCUT2D eigenvalue weighted by Gasteiger charge is -2.24. The fourth-order valence-electron chi connectivity index (χ4n) is 3.06. The van der Waals surface area contributed by atoms with E-state index < -0.39 is 23.7 Å². The SMILES string of the molecule is O=C(O)CCN1C(=O)C(=O)/C(=C(/O)c2ccccc2)C1c1ccccc1. The highest BCUT2D eigenvalue weighted by Gasteiger charge is 2.45. The number of benzene rings is 2. The second-order valence-corrected chi connectivity index (χ2v) is 5.91. The molecule has 0 radical (unpaired) electrons. The van der Waals surface area contributed by atoms with Gasteiger partial charge in [0.1, 0.15) is 5.76 Å². The third-order valence-electron chi connectivity index (χ3n) is 4.27. The first-order valence-corrected chi connectivity index (χ1v) is 8.11. The summed E-state index contributed by atoms with van der Waals surface area (Å²) >= 11 is 0. The standard InChI is InChI=1S/C20H17NO5/c22-15(23)11-12-21-17(13-7-3-1-4-8-13)16(19(25)20(21)26)18(24)14-9-5-2-6-10-14/h1-10,17,24H,11-12H2,(H,22,23)/b18-16+. The van der Waals surface area contributed by atoms with Crippen molar-refractivity contribution in [2.45, 2.75) is 12.5 Å². The second kappa shape index (κ2) is 7.23. The van der Waals surface area contributed by atoms with Crippen LogP contribution in [0.2, 0.25) is 0 Å². The molecule has 0 bridgehead atoms. The summed E-state index contributed by atoms with van der Waals surface area (Å²) in [5.74, 6) is -2.96. The molecule has 3 rings (SSSR count). The molecule has 26 heavy (non-hydrogen) atoms. The van der Waals surface area contributed by atoms with E-state index in [1.165, 1.54) is 4.90 Å². The average molecular weight is 351 g/mol. The predicted octanol–water partition coefficient (Wildman–Crippen LogP) is 2.58. The largest absolute Gasteiger partial charge is 0.507 e. The lowest BCUT2D eigenvalue weighted by molar-refractivity contribution is -0.142. The minimum absolute atomic E-state index is 0.0298. The highest BCUT2D eigenvalue weighted by molar-refractivity contribution is 6.46. The Balaban J connectivity index is 2.13. The lowest BCUT2D eigenvalue weighted by atomic mass is 9.95. The maximum Gasteiger partial charge on any atom is 0.305 e. The van der Waals surface area contributed by atoms with Crippen LogP contribution in [0.4, 0.5) is 0 Å². The van der Waals surface area contributed by atoms with Gasteiger partial charge in [-0.2, -0.15) is 0 Å². The Hall–Kier alpha value is -3.41. The topological polar surface area (TPSA) is 94.9 Å². The molecule has 132 valence electrons. The Labute approximate surface area is 150 Å². The van der Waals surface area contributed by atoms with Crippen LogP contribution in [0.5, 0.6) is 0 Å². The Morgan fingerprint density at radius 2 is 1.50 bits per heavy atom. The molecule has 6 nitrogen and oxygen atoms in total. The quantitative estimate of drug-likeness (QED) is 0.490. The van der Waals surface area contributed by atoms with Crippen LogP contribution in [-0.4, -0.2) is 39.3 Å². The molecule has 1 saturated heterocycles. The zero-order valence-electron chi connectivity index (χ0n) is 13.8. The number of carbonyl (C=O) groups excluding carboxylic acids is 2. The summed E-state index contributed by atoms with van der Waals surface area (Å²) in [6, 6.07) is 16.5. The summed E-state index contributed by atoms with van der Waals surface area (Å²) in [5.41, 5.74) is 1.03. The number of aliphatic carboxylic acids is 1. The molecule has 0 saturated carbocycles. The van der Waals surface area contributed by atoms with E-state index in [2.05, 4.69) is 0 Å². The molecule has 2 N–H and O–H groups in total. The van der Waals surface area contributed by atoms with Crippen molar-refractivity contribution in [2.24, 2.45) is 0 Å². The Kier molecular flexibility index (Phi) is 4.84. The van der Waals surface area contributed by atoms with Gasteiger partial charge in [0.2, 0.25) is 0 Å². The number of hydrogen-bond acceptors (Lipinski definition) is 4. The van der Waals surface area contributed by atoms with Crippen molar-refractivity contribution in [1.29, 1.82) is 0 Å². The van der Waals surface area contributed by atoms with Crippen molar-refractivity contribution in [3.63, 3.8) is 0 Å². The van der Waals surface area contributed by atoms with E-state index in [0.717, 1.165) is 0 Å². The summed E-state index contributed by atoms with van der Waals surface area (Å²) < 4.78 is 0. The summed E-state index contributed by atoms with van der Waals surface area (Å²) in [5, 5.41) is 19.7. The molecule has 0 aromatic heterocycles. The predicted molar refractivity (Wildman–Crippen MR) is 94.1 cm³/mol. The molecule has 0 spiro atoms. The van der Waals surface area contributed by atoms with Crippen molar-refractivity contribution in [2.75, 3.05) is 6.54 Å². The lowest BCUT2D eigenvalue weighted by Crippen LogP contribution is -2.31. The smallest absolute Gasteiger partial charge is 0.305 e. The van der Waals surface area contributed by atoms with Gasteiger partial charge in [-0.3, -0.25) is 14.4 Å². The second-order valence-electron chi connectivity index (χ2n) is 5.91. The third-order valence-corrected chi connectivity index (χ3v) is 4.27. The first-order chi connectivity index (χ1) is 12.5. The first-order valence-electron chi connectivity index (χ1n) is 8.11.